The zero-order chi connectivity index (χ0) is 23.9. The maximum absolute atomic E-state index is 14.0. The maximum Gasteiger partial charge on any atom is 0.328 e. The van der Waals surface area contributed by atoms with E-state index < -0.39 is 6.67 Å². The number of rotatable bonds is 11. The van der Waals surface area contributed by atoms with E-state index in [0.29, 0.717) is 31.0 Å². The fraction of sp³-hybridized carbons (Fsp3) is 0.385. The van der Waals surface area contributed by atoms with E-state index in [9.17, 15) is 9.18 Å². The van der Waals surface area contributed by atoms with E-state index in [1.54, 1.807) is 9.13 Å². The van der Waals surface area contributed by atoms with Gasteiger partial charge < -0.3 is 0 Å². The van der Waals surface area contributed by atoms with E-state index in [2.05, 4.69) is 34.5 Å². The van der Waals surface area contributed by atoms with Crippen molar-refractivity contribution in [2.24, 2.45) is 0 Å². The van der Waals surface area contributed by atoms with Crippen LogP contribution in [0.15, 0.2) is 53.3 Å². The fourth-order valence-corrected chi connectivity index (χ4v) is 4.45. The van der Waals surface area contributed by atoms with Crippen molar-refractivity contribution in [2.45, 2.75) is 65.7 Å². The van der Waals surface area contributed by atoms with E-state index in [-0.39, 0.29) is 5.69 Å². The van der Waals surface area contributed by atoms with Crippen LogP contribution in [-0.2, 0) is 26.2 Å². The SMILES string of the molecule is CCCCCn1c(CF)c(CCC)n(Cc2ccc(-c3ccccc3-c3nnn[nH]3)cc2)c1=O. The molecular formula is C26H31FN6O. The van der Waals surface area contributed by atoms with Gasteiger partial charge in [0, 0.05) is 17.8 Å². The molecule has 2 heterocycles. The molecule has 0 aliphatic carbocycles. The van der Waals surface area contributed by atoms with Crippen molar-refractivity contribution in [2.75, 3.05) is 0 Å². The van der Waals surface area contributed by atoms with Crippen LogP contribution in [0, 0.1) is 0 Å². The summed E-state index contributed by atoms with van der Waals surface area (Å²) < 4.78 is 17.4. The van der Waals surface area contributed by atoms with Gasteiger partial charge in [0.1, 0.15) is 6.67 Å². The number of unbranched alkanes of at least 4 members (excludes halogenated alkanes) is 2. The van der Waals surface area contributed by atoms with Crippen LogP contribution < -0.4 is 5.69 Å². The first-order valence-corrected chi connectivity index (χ1v) is 12.0. The minimum atomic E-state index is -0.615. The monoisotopic (exact) mass is 462 g/mol. The molecule has 0 radical (unpaired) electrons. The van der Waals surface area contributed by atoms with Crippen LogP contribution in [0.1, 0.15) is 56.5 Å². The average molecular weight is 463 g/mol. The molecule has 34 heavy (non-hydrogen) atoms. The van der Waals surface area contributed by atoms with Crippen LogP contribution in [0.5, 0.6) is 0 Å². The highest BCUT2D eigenvalue weighted by Crippen LogP contribution is 2.30. The minimum Gasteiger partial charge on any atom is -0.293 e. The van der Waals surface area contributed by atoms with E-state index in [4.69, 9.17) is 0 Å². The number of aromatic amines is 1. The molecule has 4 aromatic rings. The van der Waals surface area contributed by atoms with E-state index in [0.717, 1.165) is 53.6 Å². The van der Waals surface area contributed by atoms with Gasteiger partial charge in [-0.05, 0) is 40.0 Å². The Morgan fingerprint density at radius 3 is 2.32 bits per heavy atom. The predicted molar refractivity (Wildman–Crippen MR) is 131 cm³/mol. The van der Waals surface area contributed by atoms with Gasteiger partial charge in [-0.3, -0.25) is 9.13 Å². The smallest absolute Gasteiger partial charge is 0.293 e. The van der Waals surface area contributed by atoms with Crippen LogP contribution in [-0.4, -0.2) is 29.8 Å². The third-order valence-corrected chi connectivity index (χ3v) is 6.18. The first-order chi connectivity index (χ1) is 16.7. The van der Waals surface area contributed by atoms with Gasteiger partial charge in [0.25, 0.3) is 0 Å². The Morgan fingerprint density at radius 1 is 0.912 bits per heavy atom. The molecule has 0 aliphatic heterocycles. The summed E-state index contributed by atoms with van der Waals surface area (Å²) in [6, 6.07) is 16.1. The number of halogens is 1. The summed E-state index contributed by atoms with van der Waals surface area (Å²) in [5.74, 6) is 0.610. The summed E-state index contributed by atoms with van der Waals surface area (Å²) in [4.78, 5) is 13.2. The molecule has 0 spiro atoms. The molecule has 8 heteroatoms. The Balaban J connectivity index is 1.64. The third kappa shape index (κ3) is 4.85. The highest BCUT2D eigenvalue weighted by Gasteiger charge is 2.19. The lowest BCUT2D eigenvalue weighted by Gasteiger charge is -2.10. The van der Waals surface area contributed by atoms with Crippen LogP contribution in [0.25, 0.3) is 22.5 Å². The highest BCUT2D eigenvalue weighted by molar-refractivity contribution is 5.80. The average Bonchev–Trinajstić information content (AvgIpc) is 3.48. The van der Waals surface area contributed by atoms with Gasteiger partial charge in [-0.2, -0.15) is 0 Å². The molecule has 0 fully saturated rings. The summed E-state index contributed by atoms with van der Waals surface area (Å²) in [5, 5.41) is 14.2. The largest absolute Gasteiger partial charge is 0.328 e. The second-order valence-electron chi connectivity index (χ2n) is 8.50. The van der Waals surface area contributed by atoms with Gasteiger partial charge in [0.15, 0.2) is 5.82 Å². The number of imidazole rings is 1. The number of tetrazole rings is 1. The third-order valence-electron chi connectivity index (χ3n) is 6.18. The number of hydrogen-bond donors (Lipinski definition) is 1. The molecule has 0 unspecified atom stereocenters. The summed E-state index contributed by atoms with van der Waals surface area (Å²) in [7, 11) is 0. The molecular weight excluding hydrogens is 431 g/mol. The number of nitrogens with zero attached hydrogens (tertiary/aromatic N) is 5. The standard InChI is InChI=1S/C26H31FN6O/c1-3-5-8-16-32-24(17-27)23(9-4-2)33(26(32)34)18-19-12-14-20(15-13-19)21-10-6-7-11-22(21)25-28-30-31-29-25/h6-7,10-15H,3-5,8-9,16-18H2,1-2H3,(H,28,29,30,31). The molecule has 0 atom stereocenters. The minimum absolute atomic E-state index is 0.112. The maximum atomic E-state index is 14.0. The number of hydrogen-bond acceptors (Lipinski definition) is 4. The molecule has 0 saturated heterocycles. The summed E-state index contributed by atoms with van der Waals surface area (Å²) >= 11 is 0. The molecule has 0 bridgehead atoms. The lowest BCUT2D eigenvalue weighted by Crippen LogP contribution is -2.26. The zero-order valence-electron chi connectivity index (χ0n) is 19.8. The number of alkyl halides is 1. The Morgan fingerprint density at radius 2 is 1.68 bits per heavy atom. The Labute approximate surface area is 198 Å². The van der Waals surface area contributed by atoms with Crippen molar-refractivity contribution < 1.29 is 4.39 Å². The second kappa shape index (κ2) is 11.0. The Kier molecular flexibility index (Phi) is 7.67. The molecule has 0 aliphatic rings. The van der Waals surface area contributed by atoms with Crippen LogP contribution in [0.2, 0.25) is 0 Å². The molecule has 1 N–H and O–H groups in total. The summed E-state index contributed by atoms with van der Waals surface area (Å²) in [6.07, 6.45) is 4.52. The number of nitrogens with one attached hydrogen (secondary N) is 1. The van der Waals surface area contributed by atoms with E-state index in [1.807, 2.05) is 48.5 Å². The quantitative estimate of drug-likeness (QED) is 0.312. The lowest BCUT2D eigenvalue weighted by molar-refractivity contribution is 0.445. The summed E-state index contributed by atoms with van der Waals surface area (Å²) in [6.45, 7) is 4.56. The first-order valence-electron chi connectivity index (χ1n) is 12.0. The first kappa shape index (κ1) is 23.6. The van der Waals surface area contributed by atoms with Gasteiger partial charge in [-0.25, -0.2) is 14.3 Å². The Hall–Kier alpha value is -3.55. The van der Waals surface area contributed by atoms with Crippen molar-refractivity contribution in [1.82, 2.24) is 29.8 Å². The van der Waals surface area contributed by atoms with Crippen molar-refractivity contribution in [3.8, 4) is 22.5 Å². The number of H-pyrrole nitrogens is 1. The lowest BCUT2D eigenvalue weighted by atomic mass is 9.98. The van der Waals surface area contributed by atoms with Gasteiger partial charge in [0.05, 0.1) is 12.2 Å². The van der Waals surface area contributed by atoms with Gasteiger partial charge >= 0.3 is 5.69 Å². The molecule has 7 nitrogen and oxygen atoms in total. The second-order valence-corrected chi connectivity index (χ2v) is 8.50. The number of aromatic nitrogens is 6. The van der Waals surface area contributed by atoms with Crippen LogP contribution in [0.3, 0.4) is 0 Å². The van der Waals surface area contributed by atoms with Gasteiger partial charge in [-0.1, -0.05) is 81.6 Å². The molecule has 0 saturated carbocycles. The normalized spacial score (nSPS) is 11.3. The van der Waals surface area contributed by atoms with Gasteiger partial charge in [0.2, 0.25) is 0 Å². The summed E-state index contributed by atoms with van der Waals surface area (Å²) in [5.41, 5.74) is 5.20. The Bertz CT molecular complexity index is 1260. The highest BCUT2D eigenvalue weighted by atomic mass is 19.1. The van der Waals surface area contributed by atoms with Crippen LogP contribution in [0.4, 0.5) is 4.39 Å². The van der Waals surface area contributed by atoms with Crippen molar-refractivity contribution in [1.29, 1.82) is 0 Å². The van der Waals surface area contributed by atoms with Crippen molar-refractivity contribution in [3.05, 3.63) is 76.0 Å². The van der Waals surface area contributed by atoms with E-state index in [1.165, 1.54) is 0 Å². The molecule has 2 aromatic carbocycles. The predicted octanol–water partition coefficient (Wildman–Crippen LogP) is 5.16. The van der Waals surface area contributed by atoms with Crippen LogP contribution >= 0.6 is 0 Å². The van der Waals surface area contributed by atoms with Crippen molar-refractivity contribution >= 4 is 0 Å². The topological polar surface area (TPSA) is 81.4 Å². The molecule has 0 amide bonds. The number of benzene rings is 2. The molecule has 4 rings (SSSR count). The van der Waals surface area contributed by atoms with E-state index >= 15 is 0 Å². The zero-order valence-corrected chi connectivity index (χ0v) is 19.8. The fourth-order valence-electron chi connectivity index (χ4n) is 4.45. The van der Waals surface area contributed by atoms with Gasteiger partial charge in [-0.15, -0.1) is 5.10 Å². The molecule has 2 aromatic heterocycles. The van der Waals surface area contributed by atoms with Crippen molar-refractivity contribution in [3.63, 3.8) is 0 Å². The molecule has 178 valence electrons.